The Morgan fingerprint density at radius 2 is 1.03 bits per heavy atom. The maximum absolute atomic E-state index is 5.39. The third-order valence-electron chi connectivity index (χ3n) is 11.8. The first kappa shape index (κ1) is 32.5. The van der Waals surface area contributed by atoms with Crippen LogP contribution in [0.1, 0.15) is 22.9 Å². The molecule has 9 aromatic carbocycles. The molecule has 1 unspecified atom stereocenters. The molecule has 0 fully saturated rings. The molecule has 272 valence electrons. The van der Waals surface area contributed by atoms with Crippen LogP contribution in [0, 0.1) is 0 Å². The van der Waals surface area contributed by atoms with Crippen molar-refractivity contribution in [1.82, 2.24) is 9.13 Å². The Bertz CT molecular complexity index is 3430. The van der Waals surface area contributed by atoms with Gasteiger partial charge in [-0.25, -0.2) is 0 Å². The molecule has 1 aliphatic heterocycles. The predicted octanol–water partition coefficient (Wildman–Crippen LogP) is 14.3. The number of aliphatic imine (C=N–C) groups is 1. The number of aromatic nitrogens is 2. The summed E-state index contributed by atoms with van der Waals surface area (Å²) >= 11 is 0. The fourth-order valence-electron chi connectivity index (χ4n) is 9.26. The molecule has 0 aliphatic carbocycles. The fraction of sp³-hybridized carbons (Fsp3) is 0.0185. The van der Waals surface area contributed by atoms with Gasteiger partial charge in [-0.15, -0.1) is 5.69 Å². The summed E-state index contributed by atoms with van der Waals surface area (Å²) in [7, 11) is 0. The molecule has 0 amide bonds. The van der Waals surface area contributed by atoms with Crippen molar-refractivity contribution >= 4 is 65.8 Å². The Morgan fingerprint density at radius 1 is 0.397 bits per heavy atom. The molecular weight excluding hydrogens is 705 g/mol. The van der Waals surface area contributed by atoms with Crippen molar-refractivity contribution in [1.29, 1.82) is 0 Å². The molecule has 0 radical (unpaired) electrons. The van der Waals surface area contributed by atoms with Gasteiger partial charge in [0, 0.05) is 44.6 Å². The fourth-order valence-corrected chi connectivity index (χ4v) is 9.26. The monoisotopic (exact) mass is 739 g/mol. The topological polar surface area (TPSA) is 36.3 Å². The molecule has 0 spiro atoms. The minimum Gasteiger partial charge on any atom is -0.659 e. The van der Waals surface area contributed by atoms with E-state index in [0.29, 0.717) is 0 Å². The molecule has 12 rings (SSSR count). The molecule has 0 bridgehead atoms. The van der Waals surface area contributed by atoms with Crippen molar-refractivity contribution in [2.45, 2.75) is 6.17 Å². The predicted molar refractivity (Wildman–Crippen MR) is 242 cm³/mol. The van der Waals surface area contributed by atoms with E-state index in [9.17, 15) is 0 Å². The van der Waals surface area contributed by atoms with E-state index in [-0.39, 0.29) is 0 Å². The van der Waals surface area contributed by atoms with Crippen molar-refractivity contribution in [3.05, 3.63) is 228 Å². The van der Waals surface area contributed by atoms with Crippen LogP contribution in [0.3, 0.4) is 0 Å². The van der Waals surface area contributed by atoms with E-state index in [1.54, 1.807) is 0 Å². The third-order valence-corrected chi connectivity index (χ3v) is 11.8. The second kappa shape index (κ2) is 12.9. The van der Waals surface area contributed by atoms with E-state index in [0.717, 1.165) is 55.9 Å². The Balaban J connectivity index is 1.03. The molecule has 4 heteroatoms. The van der Waals surface area contributed by atoms with Crippen LogP contribution in [0.15, 0.2) is 211 Å². The highest BCUT2D eigenvalue weighted by molar-refractivity contribution is 6.21. The normalized spacial score (nSPS) is 13.9. The van der Waals surface area contributed by atoms with Crippen LogP contribution in [-0.4, -0.2) is 14.8 Å². The van der Waals surface area contributed by atoms with Crippen LogP contribution in [0.4, 0.5) is 5.69 Å². The van der Waals surface area contributed by atoms with Crippen LogP contribution >= 0.6 is 0 Å². The second-order valence-corrected chi connectivity index (χ2v) is 15.1. The number of benzene rings is 9. The van der Waals surface area contributed by atoms with E-state index >= 15 is 0 Å². The summed E-state index contributed by atoms with van der Waals surface area (Å²) in [6, 6.07) is 74.1. The highest BCUT2D eigenvalue weighted by Crippen LogP contribution is 2.46. The summed E-state index contributed by atoms with van der Waals surface area (Å²) in [6.07, 6.45) is -0.403. The van der Waals surface area contributed by atoms with Crippen molar-refractivity contribution < 1.29 is 0 Å². The third kappa shape index (κ3) is 4.98. The van der Waals surface area contributed by atoms with E-state index in [2.05, 4.69) is 215 Å². The zero-order valence-electron chi connectivity index (χ0n) is 31.5. The molecule has 2 aromatic heterocycles. The molecule has 0 N–H and O–H groups in total. The van der Waals surface area contributed by atoms with Crippen LogP contribution in [0.2, 0.25) is 0 Å². The Kier molecular flexibility index (Phi) is 7.26. The van der Waals surface area contributed by atoms with Gasteiger partial charge in [-0.1, -0.05) is 158 Å². The highest BCUT2D eigenvalue weighted by atomic mass is 15.1. The number of rotatable bonds is 5. The first-order valence-corrected chi connectivity index (χ1v) is 19.9. The molecule has 0 saturated heterocycles. The van der Waals surface area contributed by atoms with Gasteiger partial charge in [0.15, 0.2) is 0 Å². The minimum atomic E-state index is -0.403. The number of fused-ring (bicyclic) bond motifs is 9. The number of hydrogen-bond donors (Lipinski definition) is 0. The lowest BCUT2D eigenvalue weighted by molar-refractivity contribution is 0.872. The molecule has 0 saturated carbocycles. The summed E-state index contributed by atoms with van der Waals surface area (Å²) in [5.41, 5.74) is 14.5. The summed E-state index contributed by atoms with van der Waals surface area (Å²) in [5, 5.41) is 12.7. The lowest BCUT2D eigenvalue weighted by Crippen LogP contribution is -2.12. The molecule has 58 heavy (non-hydrogen) atoms. The summed E-state index contributed by atoms with van der Waals surface area (Å²) in [5.74, 6) is 0. The zero-order valence-corrected chi connectivity index (χ0v) is 31.5. The quantitative estimate of drug-likeness (QED) is 0.169. The van der Waals surface area contributed by atoms with Gasteiger partial charge in [0.25, 0.3) is 0 Å². The molecule has 1 aliphatic rings. The Hall–Kier alpha value is -7.69. The molecule has 4 nitrogen and oxygen atoms in total. The van der Waals surface area contributed by atoms with Gasteiger partial charge in [0.1, 0.15) is 0 Å². The van der Waals surface area contributed by atoms with Gasteiger partial charge < -0.3 is 14.5 Å². The number of para-hydroxylation sites is 3. The Labute approximate surface area is 335 Å². The largest absolute Gasteiger partial charge is 0.659 e. The SMILES string of the molecule is c1ccc(C2=NC(c3cccc(-n4c5ccccc5c5c(-c6ccc7c8ccccc8n(-c8ccccc8)c7c6)cccc54)c3)[N-]c3c2ccc2ccccc32)cc1. The minimum absolute atomic E-state index is 0.403. The van der Waals surface area contributed by atoms with E-state index in [1.165, 1.54) is 49.1 Å². The molecular formula is C54H35N4-. The number of hydrogen-bond acceptors (Lipinski definition) is 1. The van der Waals surface area contributed by atoms with Crippen molar-refractivity contribution in [3.63, 3.8) is 0 Å². The smallest absolute Gasteiger partial charge is 0.0695 e. The van der Waals surface area contributed by atoms with E-state index in [1.807, 2.05) is 0 Å². The second-order valence-electron chi connectivity index (χ2n) is 15.1. The van der Waals surface area contributed by atoms with Crippen molar-refractivity contribution in [3.8, 4) is 22.5 Å². The average molecular weight is 740 g/mol. The van der Waals surface area contributed by atoms with Crippen molar-refractivity contribution in [2.24, 2.45) is 4.99 Å². The number of nitrogens with zero attached hydrogens (tertiary/aromatic N) is 4. The van der Waals surface area contributed by atoms with Gasteiger partial charge >= 0.3 is 0 Å². The summed E-state index contributed by atoms with van der Waals surface area (Å²) < 4.78 is 4.80. The van der Waals surface area contributed by atoms with Gasteiger partial charge in [-0.2, -0.15) is 0 Å². The van der Waals surface area contributed by atoms with Crippen LogP contribution in [0.25, 0.3) is 82.2 Å². The Morgan fingerprint density at radius 3 is 1.88 bits per heavy atom. The first-order valence-electron chi connectivity index (χ1n) is 19.9. The van der Waals surface area contributed by atoms with Crippen LogP contribution < -0.4 is 0 Å². The first-order chi connectivity index (χ1) is 28.8. The summed E-state index contributed by atoms with van der Waals surface area (Å²) in [4.78, 5) is 5.38. The van der Waals surface area contributed by atoms with Crippen LogP contribution in [-0.2, 0) is 0 Å². The van der Waals surface area contributed by atoms with E-state index in [4.69, 9.17) is 10.3 Å². The zero-order chi connectivity index (χ0) is 38.2. The molecule has 3 heterocycles. The van der Waals surface area contributed by atoms with Crippen molar-refractivity contribution in [2.75, 3.05) is 0 Å². The molecule has 11 aromatic rings. The maximum atomic E-state index is 5.39. The average Bonchev–Trinajstić information content (AvgIpc) is 3.82. The van der Waals surface area contributed by atoms with Gasteiger partial charge in [0.05, 0.1) is 27.8 Å². The van der Waals surface area contributed by atoms with Crippen LogP contribution in [0.5, 0.6) is 0 Å². The molecule has 1 atom stereocenters. The van der Waals surface area contributed by atoms with Gasteiger partial charge in [0.2, 0.25) is 0 Å². The summed E-state index contributed by atoms with van der Waals surface area (Å²) in [6.45, 7) is 0. The maximum Gasteiger partial charge on any atom is 0.0695 e. The van der Waals surface area contributed by atoms with E-state index < -0.39 is 6.17 Å². The van der Waals surface area contributed by atoms with Gasteiger partial charge in [-0.05, 0) is 81.6 Å². The lowest BCUT2D eigenvalue weighted by atomic mass is 9.94. The van der Waals surface area contributed by atoms with Gasteiger partial charge in [-0.3, -0.25) is 4.99 Å². The standard InChI is InChI=1S/C54H35N4/c1-3-16-36(17-4-1)52-46-32-29-35-15-7-8-22-42(35)53(46)56-54(55-52)38-18-13-21-40(33-38)58-48-27-12-10-24-45(48)51-41(25-14-28-49(51)58)37-30-31-44-43-23-9-11-26-47(43)57(50(44)34-37)39-19-5-2-6-20-39/h1-34,54H/q-1. The lowest BCUT2D eigenvalue weighted by Gasteiger charge is -2.39. The highest BCUT2D eigenvalue weighted by Gasteiger charge is 2.21.